The first-order valence-electron chi connectivity index (χ1n) is 6.56. The van der Waals surface area contributed by atoms with Crippen LogP contribution in [0.5, 0.6) is 5.75 Å². The van der Waals surface area contributed by atoms with Crippen LogP contribution in [-0.4, -0.2) is 22.8 Å². The largest absolute Gasteiger partial charge is 0.493 e. The van der Waals surface area contributed by atoms with E-state index in [9.17, 15) is 0 Å². The maximum Gasteiger partial charge on any atom is 0.321 e. The predicted molar refractivity (Wildman–Crippen MR) is 71.5 cm³/mol. The van der Waals surface area contributed by atoms with Crippen molar-refractivity contribution < 1.29 is 9.26 Å². The summed E-state index contributed by atoms with van der Waals surface area (Å²) in [7, 11) is 0. The van der Waals surface area contributed by atoms with Crippen molar-refractivity contribution in [2.24, 2.45) is 0 Å². The Balaban J connectivity index is 1.89. The summed E-state index contributed by atoms with van der Waals surface area (Å²) in [6.45, 7) is 4.75. The summed E-state index contributed by atoms with van der Waals surface area (Å²) >= 11 is 0. The van der Waals surface area contributed by atoms with Crippen LogP contribution in [-0.2, 0) is 0 Å². The summed E-state index contributed by atoms with van der Waals surface area (Å²) in [5, 5.41) is 7.20. The molecule has 100 valence electrons. The molecule has 1 aliphatic heterocycles. The highest BCUT2D eigenvalue weighted by atomic mass is 16.5. The number of para-hydroxylation sites is 1. The molecule has 1 aliphatic rings. The summed E-state index contributed by atoms with van der Waals surface area (Å²) in [6, 6.07) is 8.78. The minimum atomic E-state index is 0.149. The molecule has 5 nitrogen and oxygen atoms in total. The van der Waals surface area contributed by atoms with Gasteiger partial charge in [0, 0.05) is 11.6 Å². The van der Waals surface area contributed by atoms with E-state index in [0.717, 1.165) is 23.6 Å². The van der Waals surface area contributed by atoms with Crippen LogP contribution in [0.1, 0.15) is 37.6 Å². The van der Waals surface area contributed by atoms with Gasteiger partial charge in [-0.2, -0.15) is 4.98 Å². The second-order valence-corrected chi connectivity index (χ2v) is 4.98. The Hall–Kier alpha value is -2.04. The lowest BCUT2D eigenvalue weighted by atomic mass is 9.92. The highest BCUT2D eigenvalue weighted by Crippen LogP contribution is 2.36. The molecule has 2 heterocycles. The van der Waals surface area contributed by atoms with Gasteiger partial charge < -0.3 is 14.6 Å². The van der Waals surface area contributed by atoms with E-state index in [1.165, 1.54) is 0 Å². The van der Waals surface area contributed by atoms with Crippen LogP contribution < -0.4 is 10.1 Å². The fourth-order valence-corrected chi connectivity index (χ4v) is 2.29. The number of hydrogen-bond donors (Lipinski definition) is 1. The lowest BCUT2D eigenvalue weighted by Crippen LogP contribution is -2.16. The summed E-state index contributed by atoms with van der Waals surface area (Å²) in [6.07, 6.45) is 0.873. The van der Waals surface area contributed by atoms with Crippen LogP contribution in [0.25, 0.3) is 0 Å². The summed E-state index contributed by atoms with van der Waals surface area (Å²) in [4.78, 5) is 4.43. The monoisotopic (exact) mass is 259 g/mol. The standard InChI is InChI=1S/C14H17N3O2/c1-9(2)15-14-16-13(17-19-14)11-7-8-18-12-6-4-3-5-10(11)12/h3-6,9,11H,7-8H2,1-2H3,(H,15,16,17). The number of fused-ring (bicyclic) bond motifs is 1. The van der Waals surface area contributed by atoms with Gasteiger partial charge in [-0.1, -0.05) is 23.4 Å². The summed E-state index contributed by atoms with van der Waals surface area (Å²) in [5.74, 6) is 1.79. The molecule has 2 aromatic rings. The lowest BCUT2D eigenvalue weighted by Gasteiger charge is -2.23. The van der Waals surface area contributed by atoms with Crippen molar-refractivity contribution in [3.63, 3.8) is 0 Å². The summed E-state index contributed by atoms with van der Waals surface area (Å²) in [5.41, 5.74) is 1.13. The van der Waals surface area contributed by atoms with E-state index < -0.39 is 0 Å². The van der Waals surface area contributed by atoms with E-state index in [1.807, 2.05) is 32.0 Å². The number of nitrogens with zero attached hydrogens (tertiary/aromatic N) is 2. The Morgan fingerprint density at radius 1 is 1.32 bits per heavy atom. The Bertz CT molecular complexity index is 565. The fourth-order valence-electron chi connectivity index (χ4n) is 2.29. The number of rotatable bonds is 3. The van der Waals surface area contributed by atoms with E-state index >= 15 is 0 Å². The zero-order chi connectivity index (χ0) is 13.2. The minimum absolute atomic E-state index is 0.149. The normalized spacial score (nSPS) is 17.9. The molecule has 1 N–H and O–H groups in total. The molecule has 5 heteroatoms. The van der Waals surface area contributed by atoms with E-state index in [0.29, 0.717) is 12.6 Å². The van der Waals surface area contributed by atoms with E-state index in [4.69, 9.17) is 9.26 Å². The summed E-state index contributed by atoms with van der Waals surface area (Å²) < 4.78 is 10.9. The predicted octanol–water partition coefficient (Wildman–Crippen LogP) is 2.80. The molecule has 1 unspecified atom stereocenters. The fraction of sp³-hybridized carbons (Fsp3) is 0.429. The van der Waals surface area contributed by atoms with Crippen LogP contribution in [0.2, 0.25) is 0 Å². The molecule has 19 heavy (non-hydrogen) atoms. The van der Waals surface area contributed by atoms with Gasteiger partial charge in [0.25, 0.3) is 0 Å². The molecular weight excluding hydrogens is 242 g/mol. The molecule has 0 bridgehead atoms. The molecule has 0 fully saturated rings. The van der Waals surface area contributed by atoms with E-state index in [1.54, 1.807) is 0 Å². The molecule has 3 rings (SSSR count). The Kier molecular flexibility index (Phi) is 3.11. The average Bonchev–Trinajstić information content (AvgIpc) is 2.85. The maximum atomic E-state index is 5.64. The molecule has 0 radical (unpaired) electrons. The van der Waals surface area contributed by atoms with Gasteiger partial charge >= 0.3 is 6.01 Å². The van der Waals surface area contributed by atoms with Crippen LogP contribution >= 0.6 is 0 Å². The number of ether oxygens (including phenoxy) is 1. The first-order valence-corrected chi connectivity index (χ1v) is 6.56. The van der Waals surface area contributed by atoms with Gasteiger partial charge in [0.1, 0.15) is 5.75 Å². The van der Waals surface area contributed by atoms with Crippen molar-refractivity contribution in [2.45, 2.75) is 32.2 Å². The third-order valence-corrected chi connectivity index (χ3v) is 3.12. The quantitative estimate of drug-likeness (QED) is 0.918. The Morgan fingerprint density at radius 3 is 3.00 bits per heavy atom. The van der Waals surface area contributed by atoms with Gasteiger partial charge in [-0.3, -0.25) is 0 Å². The molecule has 0 aliphatic carbocycles. The molecule has 0 saturated heterocycles. The lowest BCUT2D eigenvalue weighted by molar-refractivity contribution is 0.272. The molecule has 0 amide bonds. The van der Waals surface area contributed by atoms with Crippen LogP contribution in [0.3, 0.4) is 0 Å². The highest BCUT2D eigenvalue weighted by Gasteiger charge is 2.26. The van der Waals surface area contributed by atoms with Crippen molar-refractivity contribution in [3.8, 4) is 5.75 Å². The highest BCUT2D eigenvalue weighted by molar-refractivity contribution is 5.41. The maximum absolute atomic E-state index is 5.64. The van der Waals surface area contributed by atoms with Crippen LogP contribution in [0.4, 0.5) is 6.01 Å². The van der Waals surface area contributed by atoms with Gasteiger partial charge in [0.15, 0.2) is 5.82 Å². The van der Waals surface area contributed by atoms with Gasteiger partial charge in [-0.25, -0.2) is 0 Å². The van der Waals surface area contributed by atoms with Crippen LogP contribution in [0.15, 0.2) is 28.8 Å². The molecule has 1 aromatic carbocycles. The Morgan fingerprint density at radius 2 is 2.16 bits per heavy atom. The number of aromatic nitrogens is 2. The molecule has 0 spiro atoms. The van der Waals surface area contributed by atoms with Crippen molar-refractivity contribution in [3.05, 3.63) is 35.7 Å². The third kappa shape index (κ3) is 2.41. The second-order valence-electron chi connectivity index (χ2n) is 4.98. The molecular formula is C14H17N3O2. The SMILES string of the molecule is CC(C)Nc1nc(C2CCOc3ccccc32)no1. The molecule has 1 atom stereocenters. The second kappa shape index (κ2) is 4.91. The number of anilines is 1. The smallest absolute Gasteiger partial charge is 0.321 e. The van der Waals surface area contributed by atoms with Crippen LogP contribution in [0, 0.1) is 0 Å². The minimum Gasteiger partial charge on any atom is -0.493 e. The van der Waals surface area contributed by atoms with Gasteiger partial charge in [0.05, 0.1) is 12.5 Å². The third-order valence-electron chi connectivity index (χ3n) is 3.12. The van der Waals surface area contributed by atoms with E-state index in [-0.39, 0.29) is 12.0 Å². The van der Waals surface area contributed by atoms with Gasteiger partial charge in [-0.15, -0.1) is 0 Å². The zero-order valence-corrected chi connectivity index (χ0v) is 11.1. The van der Waals surface area contributed by atoms with Crippen molar-refractivity contribution >= 4 is 6.01 Å². The number of nitrogens with one attached hydrogen (secondary N) is 1. The zero-order valence-electron chi connectivity index (χ0n) is 11.1. The number of hydrogen-bond acceptors (Lipinski definition) is 5. The topological polar surface area (TPSA) is 60.2 Å². The van der Waals surface area contributed by atoms with Crippen molar-refractivity contribution in [1.82, 2.24) is 10.1 Å². The van der Waals surface area contributed by atoms with E-state index in [2.05, 4.69) is 21.5 Å². The molecule has 0 saturated carbocycles. The first-order chi connectivity index (χ1) is 9.24. The first kappa shape index (κ1) is 12.0. The van der Waals surface area contributed by atoms with Gasteiger partial charge in [-0.05, 0) is 26.3 Å². The average molecular weight is 259 g/mol. The van der Waals surface area contributed by atoms with Crippen molar-refractivity contribution in [2.75, 3.05) is 11.9 Å². The number of benzene rings is 1. The Labute approximate surface area is 112 Å². The molecule has 1 aromatic heterocycles. The van der Waals surface area contributed by atoms with Crippen molar-refractivity contribution in [1.29, 1.82) is 0 Å². The van der Waals surface area contributed by atoms with Gasteiger partial charge in [0.2, 0.25) is 0 Å².